The summed E-state index contributed by atoms with van der Waals surface area (Å²) in [6, 6.07) is 9.33. The lowest BCUT2D eigenvalue weighted by molar-refractivity contribution is -0.123. The van der Waals surface area contributed by atoms with E-state index in [2.05, 4.69) is 5.32 Å². The molecule has 94 valence electrons. The van der Waals surface area contributed by atoms with Gasteiger partial charge in [-0.15, -0.1) is 0 Å². The van der Waals surface area contributed by atoms with E-state index in [1.807, 2.05) is 51.1 Å². The summed E-state index contributed by atoms with van der Waals surface area (Å²) in [5.41, 5.74) is 0.797. The third-order valence-corrected chi connectivity index (χ3v) is 2.37. The molecule has 3 nitrogen and oxygen atoms in total. The number of amides is 1. The first kappa shape index (κ1) is 13.7. The van der Waals surface area contributed by atoms with Gasteiger partial charge in [0.1, 0.15) is 0 Å². The van der Waals surface area contributed by atoms with Crippen molar-refractivity contribution in [1.82, 2.24) is 5.32 Å². The Hall–Kier alpha value is -1.35. The fraction of sp³-hybridized carbons (Fsp3) is 0.500. The average Bonchev–Trinajstić information content (AvgIpc) is 2.25. The predicted molar refractivity (Wildman–Crippen MR) is 68.5 cm³/mol. The van der Waals surface area contributed by atoms with Gasteiger partial charge in [0.25, 0.3) is 0 Å². The van der Waals surface area contributed by atoms with Gasteiger partial charge in [-0.25, -0.2) is 0 Å². The van der Waals surface area contributed by atoms with Crippen LogP contribution in [0.5, 0.6) is 0 Å². The lowest BCUT2D eigenvalue weighted by Crippen LogP contribution is -2.31. The Morgan fingerprint density at radius 1 is 1.29 bits per heavy atom. The van der Waals surface area contributed by atoms with E-state index in [4.69, 9.17) is 0 Å². The summed E-state index contributed by atoms with van der Waals surface area (Å²) in [6.45, 7) is 6.31. The van der Waals surface area contributed by atoms with Gasteiger partial charge < -0.3 is 10.4 Å². The monoisotopic (exact) mass is 235 g/mol. The molecule has 0 aliphatic rings. The largest absolute Gasteiger partial charge is 0.387 e. The van der Waals surface area contributed by atoms with Crippen LogP contribution >= 0.6 is 0 Å². The van der Waals surface area contributed by atoms with Gasteiger partial charge >= 0.3 is 0 Å². The zero-order chi connectivity index (χ0) is 12.9. The van der Waals surface area contributed by atoms with Crippen molar-refractivity contribution in [3.05, 3.63) is 35.9 Å². The van der Waals surface area contributed by atoms with Gasteiger partial charge in [-0.3, -0.25) is 4.79 Å². The first-order valence-corrected chi connectivity index (χ1v) is 5.88. The Labute approximate surface area is 103 Å². The number of aliphatic hydroxyl groups excluding tert-OH is 1. The maximum absolute atomic E-state index is 11.6. The van der Waals surface area contributed by atoms with Gasteiger partial charge in [0, 0.05) is 13.0 Å². The molecule has 3 heteroatoms. The van der Waals surface area contributed by atoms with Crippen molar-refractivity contribution in [2.75, 3.05) is 6.54 Å². The second kappa shape index (κ2) is 5.82. The maximum Gasteiger partial charge on any atom is 0.220 e. The third kappa shape index (κ3) is 5.50. The molecule has 1 rings (SSSR count). The molecule has 0 spiro atoms. The summed E-state index contributed by atoms with van der Waals surface area (Å²) in [5.74, 6) is -0.0209. The lowest BCUT2D eigenvalue weighted by atomic mass is 9.92. The zero-order valence-electron chi connectivity index (χ0n) is 10.7. The highest BCUT2D eigenvalue weighted by Gasteiger charge is 2.16. The minimum absolute atomic E-state index is 0.0209. The molecule has 1 aromatic rings. The molecule has 1 unspecified atom stereocenters. The SMILES string of the molecule is CC(C)(C)CC(=O)NCC(O)c1ccccc1. The molecular weight excluding hydrogens is 214 g/mol. The Bertz CT molecular complexity index is 354. The van der Waals surface area contributed by atoms with Gasteiger partial charge in [0.15, 0.2) is 0 Å². The molecule has 1 amide bonds. The molecule has 0 aliphatic carbocycles. The molecule has 0 heterocycles. The van der Waals surface area contributed by atoms with Crippen molar-refractivity contribution in [2.24, 2.45) is 5.41 Å². The van der Waals surface area contributed by atoms with Gasteiger partial charge in [-0.05, 0) is 11.0 Å². The number of hydrogen-bond acceptors (Lipinski definition) is 2. The zero-order valence-corrected chi connectivity index (χ0v) is 10.7. The van der Waals surface area contributed by atoms with Crippen molar-refractivity contribution in [1.29, 1.82) is 0 Å². The highest BCUT2D eigenvalue weighted by atomic mass is 16.3. The van der Waals surface area contributed by atoms with Crippen LogP contribution in [0.2, 0.25) is 0 Å². The van der Waals surface area contributed by atoms with Gasteiger partial charge in [0.2, 0.25) is 5.91 Å². The Balaban J connectivity index is 2.39. The van der Waals surface area contributed by atoms with Gasteiger partial charge in [0.05, 0.1) is 6.10 Å². The van der Waals surface area contributed by atoms with E-state index in [-0.39, 0.29) is 17.9 Å². The Morgan fingerprint density at radius 3 is 2.41 bits per heavy atom. The second-order valence-electron chi connectivity index (χ2n) is 5.47. The summed E-state index contributed by atoms with van der Waals surface area (Å²) < 4.78 is 0. The van der Waals surface area contributed by atoms with Crippen molar-refractivity contribution in [3.63, 3.8) is 0 Å². The standard InChI is InChI=1S/C14H21NO2/c1-14(2,3)9-13(17)15-10-12(16)11-7-5-4-6-8-11/h4-8,12,16H,9-10H2,1-3H3,(H,15,17). The molecule has 0 saturated heterocycles. The first-order valence-electron chi connectivity index (χ1n) is 5.88. The van der Waals surface area contributed by atoms with E-state index in [0.717, 1.165) is 5.56 Å². The fourth-order valence-electron chi connectivity index (χ4n) is 1.55. The van der Waals surface area contributed by atoms with E-state index < -0.39 is 6.10 Å². The minimum atomic E-state index is -0.639. The molecule has 2 N–H and O–H groups in total. The van der Waals surface area contributed by atoms with E-state index in [9.17, 15) is 9.90 Å². The number of benzene rings is 1. The van der Waals surface area contributed by atoms with Crippen molar-refractivity contribution in [2.45, 2.75) is 33.3 Å². The molecule has 1 atom stereocenters. The molecule has 0 aliphatic heterocycles. The number of carbonyl (C=O) groups excluding carboxylic acids is 1. The lowest BCUT2D eigenvalue weighted by Gasteiger charge is -2.18. The molecule has 0 saturated carbocycles. The summed E-state index contributed by atoms with van der Waals surface area (Å²) in [4.78, 5) is 11.6. The van der Waals surface area contributed by atoms with Crippen LogP contribution in [0.15, 0.2) is 30.3 Å². The van der Waals surface area contributed by atoms with Crippen LogP contribution in [0.4, 0.5) is 0 Å². The summed E-state index contributed by atoms with van der Waals surface area (Å²) in [6.07, 6.45) is -0.172. The molecule has 0 fully saturated rings. The molecule has 0 aromatic heterocycles. The second-order valence-corrected chi connectivity index (χ2v) is 5.47. The van der Waals surface area contributed by atoms with Crippen LogP contribution in [-0.4, -0.2) is 17.6 Å². The average molecular weight is 235 g/mol. The first-order chi connectivity index (χ1) is 7.88. The molecule has 17 heavy (non-hydrogen) atoms. The van der Waals surface area contributed by atoms with E-state index in [1.54, 1.807) is 0 Å². The summed E-state index contributed by atoms with van der Waals surface area (Å²) >= 11 is 0. The van der Waals surface area contributed by atoms with Crippen LogP contribution in [0.25, 0.3) is 0 Å². The third-order valence-electron chi connectivity index (χ3n) is 2.37. The highest BCUT2D eigenvalue weighted by Crippen LogP contribution is 2.18. The van der Waals surface area contributed by atoms with Crippen LogP contribution < -0.4 is 5.32 Å². The van der Waals surface area contributed by atoms with Crippen LogP contribution in [0.3, 0.4) is 0 Å². The number of carbonyl (C=O) groups is 1. The Kier molecular flexibility index (Phi) is 4.70. The molecule has 1 aromatic carbocycles. The van der Waals surface area contributed by atoms with Crippen molar-refractivity contribution >= 4 is 5.91 Å². The van der Waals surface area contributed by atoms with Crippen molar-refractivity contribution < 1.29 is 9.90 Å². The van der Waals surface area contributed by atoms with E-state index >= 15 is 0 Å². The quantitative estimate of drug-likeness (QED) is 0.841. The maximum atomic E-state index is 11.6. The summed E-state index contributed by atoms with van der Waals surface area (Å²) in [5, 5.41) is 12.6. The minimum Gasteiger partial charge on any atom is -0.387 e. The van der Waals surface area contributed by atoms with Gasteiger partial charge in [-0.1, -0.05) is 51.1 Å². The molecule has 0 bridgehead atoms. The predicted octanol–water partition coefficient (Wildman–Crippen LogP) is 2.27. The number of rotatable bonds is 4. The van der Waals surface area contributed by atoms with Crippen LogP contribution in [0, 0.1) is 5.41 Å². The normalized spacial score (nSPS) is 13.2. The van der Waals surface area contributed by atoms with Crippen LogP contribution in [0.1, 0.15) is 38.9 Å². The van der Waals surface area contributed by atoms with Gasteiger partial charge in [-0.2, -0.15) is 0 Å². The topological polar surface area (TPSA) is 49.3 Å². The highest BCUT2D eigenvalue weighted by molar-refractivity contribution is 5.76. The molecule has 0 radical (unpaired) electrons. The number of aliphatic hydroxyl groups is 1. The number of nitrogens with one attached hydrogen (secondary N) is 1. The van der Waals surface area contributed by atoms with E-state index in [0.29, 0.717) is 6.42 Å². The summed E-state index contributed by atoms with van der Waals surface area (Å²) in [7, 11) is 0. The molecular formula is C14H21NO2. The van der Waals surface area contributed by atoms with E-state index in [1.165, 1.54) is 0 Å². The van der Waals surface area contributed by atoms with Crippen LogP contribution in [-0.2, 0) is 4.79 Å². The Morgan fingerprint density at radius 2 is 1.88 bits per heavy atom. The smallest absolute Gasteiger partial charge is 0.220 e. The van der Waals surface area contributed by atoms with Crippen molar-refractivity contribution in [3.8, 4) is 0 Å². The fourth-order valence-corrected chi connectivity index (χ4v) is 1.55. The number of hydrogen-bond donors (Lipinski definition) is 2.